The molecule has 1 aromatic rings. The highest BCUT2D eigenvalue weighted by molar-refractivity contribution is 5.94. The number of carbonyl (C=O) groups is 1. The van der Waals surface area contributed by atoms with Gasteiger partial charge in [-0.05, 0) is 43.0 Å². The van der Waals surface area contributed by atoms with Gasteiger partial charge in [0, 0.05) is 19.3 Å². The summed E-state index contributed by atoms with van der Waals surface area (Å²) in [5.41, 5.74) is 7.75. The molecule has 0 aliphatic carbocycles. The first-order valence-corrected chi connectivity index (χ1v) is 6.90. The molecule has 0 bridgehead atoms. The summed E-state index contributed by atoms with van der Waals surface area (Å²) in [5.74, 6) is 0.931. The summed E-state index contributed by atoms with van der Waals surface area (Å²) in [6.45, 7) is 3.17. The number of hydrogen-bond acceptors (Lipinski definition) is 3. The predicted octanol–water partition coefficient (Wildman–Crippen LogP) is 1.96. The lowest BCUT2D eigenvalue weighted by Crippen LogP contribution is -2.36. The normalized spacial score (nSPS) is 15.3. The van der Waals surface area contributed by atoms with Crippen LogP contribution in [-0.4, -0.2) is 26.1 Å². The van der Waals surface area contributed by atoms with Crippen LogP contribution in [0.1, 0.15) is 25.3 Å². The number of ether oxygens (including phenoxy) is 1. The summed E-state index contributed by atoms with van der Waals surface area (Å²) in [4.78, 5) is 14.0. The molecule has 1 heterocycles. The second-order valence-electron chi connectivity index (χ2n) is 4.98. The van der Waals surface area contributed by atoms with E-state index < -0.39 is 0 Å². The van der Waals surface area contributed by atoms with E-state index in [9.17, 15) is 4.79 Å². The number of carbonyl (C=O) groups excluding carboxylic acids is 1. The SMILES string of the molecule is CCC(CN)C(=O)N(C)c1ccc2c(c1)CCCO2. The summed E-state index contributed by atoms with van der Waals surface area (Å²) in [7, 11) is 1.81. The highest BCUT2D eigenvalue weighted by atomic mass is 16.5. The van der Waals surface area contributed by atoms with E-state index in [4.69, 9.17) is 10.5 Å². The molecule has 4 heteroatoms. The van der Waals surface area contributed by atoms with E-state index in [1.807, 2.05) is 26.1 Å². The molecule has 0 radical (unpaired) electrons. The maximum atomic E-state index is 12.3. The molecule has 0 saturated carbocycles. The van der Waals surface area contributed by atoms with Crippen LogP contribution in [0, 0.1) is 5.92 Å². The van der Waals surface area contributed by atoms with Crippen LogP contribution >= 0.6 is 0 Å². The number of benzene rings is 1. The molecule has 19 heavy (non-hydrogen) atoms. The summed E-state index contributed by atoms with van der Waals surface area (Å²) in [6.07, 6.45) is 2.82. The zero-order chi connectivity index (χ0) is 13.8. The Labute approximate surface area is 114 Å². The Balaban J connectivity index is 2.19. The van der Waals surface area contributed by atoms with Crippen LogP contribution in [-0.2, 0) is 11.2 Å². The molecule has 1 aromatic carbocycles. The summed E-state index contributed by atoms with van der Waals surface area (Å²) >= 11 is 0. The van der Waals surface area contributed by atoms with Crippen molar-refractivity contribution in [2.24, 2.45) is 11.7 Å². The first kappa shape index (κ1) is 13.9. The van der Waals surface area contributed by atoms with Crippen molar-refractivity contribution in [1.29, 1.82) is 0 Å². The van der Waals surface area contributed by atoms with Gasteiger partial charge in [-0.1, -0.05) is 6.92 Å². The minimum atomic E-state index is -0.0997. The zero-order valence-electron chi connectivity index (χ0n) is 11.7. The van der Waals surface area contributed by atoms with Crippen molar-refractivity contribution < 1.29 is 9.53 Å². The van der Waals surface area contributed by atoms with Crippen molar-refractivity contribution in [3.63, 3.8) is 0 Å². The lowest BCUT2D eigenvalue weighted by Gasteiger charge is -2.24. The van der Waals surface area contributed by atoms with Gasteiger partial charge in [0.15, 0.2) is 0 Å². The van der Waals surface area contributed by atoms with Gasteiger partial charge in [0.2, 0.25) is 5.91 Å². The van der Waals surface area contributed by atoms with Crippen LogP contribution in [0.25, 0.3) is 0 Å². The van der Waals surface area contributed by atoms with Crippen molar-refractivity contribution in [3.8, 4) is 5.75 Å². The largest absolute Gasteiger partial charge is 0.493 e. The number of rotatable bonds is 4. The summed E-state index contributed by atoms with van der Waals surface area (Å²) in [5, 5.41) is 0. The Bertz CT molecular complexity index is 455. The van der Waals surface area contributed by atoms with Gasteiger partial charge in [-0.2, -0.15) is 0 Å². The van der Waals surface area contributed by atoms with E-state index in [2.05, 4.69) is 6.07 Å². The molecular weight excluding hydrogens is 240 g/mol. The van der Waals surface area contributed by atoms with Crippen LogP contribution in [0.3, 0.4) is 0 Å². The molecule has 1 aliphatic heterocycles. The monoisotopic (exact) mass is 262 g/mol. The second-order valence-corrected chi connectivity index (χ2v) is 4.98. The Hall–Kier alpha value is -1.55. The number of hydrogen-bond donors (Lipinski definition) is 1. The van der Waals surface area contributed by atoms with E-state index >= 15 is 0 Å². The third-order valence-corrected chi connectivity index (χ3v) is 3.74. The summed E-state index contributed by atoms with van der Waals surface area (Å²) in [6, 6.07) is 5.94. The molecule has 1 aliphatic rings. The first-order chi connectivity index (χ1) is 9.17. The maximum Gasteiger partial charge on any atom is 0.231 e. The van der Waals surface area contributed by atoms with E-state index in [-0.39, 0.29) is 11.8 Å². The van der Waals surface area contributed by atoms with Gasteiger partial charge in [0.25, 0.3) is 0 Å². The molecule has 104 valence electrons. The van der Waals surface area contributed by atoms with Crippen LogP contribution < -0.4 is 15.4 Å². The van der Waals surface area contributed by atoms with Gasteiger partial charge >= 0.3 is 0 Å². The molecule has 2 N–H and O–H groups in total. The Kier molecular flexibility index (Phi) is 4.43. The van der Waals surface area contributed by atoms with Gasteiger partial charge in [0.05, 0.1) is 12.5 Å². The van der Waals surface area contributed by atoms with Crippen LogP contribution in [0.15, 0.2) is 18.2 Å². The van der Waals surface area contributed by atoms with Gasteiger partial charge < -0.3 is 15.4 Å². The first-order valence-electron chi connectivity index (χ1n) is 6.90. The zero-order valence-corrected chi connectivity index (χ0v) is 11.7. The molecule has 0 saturated heterocycles. The Morgan fingerprint density at radius 1 is 1.53 bits per heavy atom. The summed E-state index contributed by atoms with van der Waals surface area (Å²) < 4.78 is 5.59. The van der Waals surface area contributed by atoms with Crippen molar-refractivity contribution in [1.82, 2.24) is 0 Å². The highest BCUT2D eigenvalue weighted by Crippen LogP contribution is 2.29. The molecule has 2 rings (SSSR count). The smallest absolute Gasteiger partial charge is 0.231 e. The second kappa shape index (κ2) is 6.06. The molecule has 0 aromatic heterocycles. The van der Waals surface area contributed by atoms with E-state index in [0.717, 1.165) is 37.3 Å². The van der Waals surface area contributed by atoms with Gasteiger partial charge in [0.1, 0.15) is 5.75 Å². The minimum absolute atomic E-state index is 0.0849. The Morgan fingerprint density at radius 2 is 2.32 bits per heavy atom. The van der Waals surface area contributed by atoms with E-state index in [1.165, 1.54) is 5.56 Å². The lowest BCUT2D eigenvalue weighted by molar-refractivity contribution is -0.121. The van der Waals surface area contributed by atoms with Crippen molar-refractivity contribution in [3.05, 3.63) is 23.8 Å². The molecule has 1 unspecified atom stereocenters. The predicted molar refractivity (Wildman–Crippen MR) is 76.5 cm³/mol. The third-order valence-electron chi connectivity index (χ3n) is 3.74. The molecule has 0 spiro atoms. The fourth-order valence-corrected chi connectivity index (χ4v) is 2.40. The average molecular weight is 262 g/mol. The van der Waals surface area contributed by atoms with E-state index in [0.29, 0.717) is 6.54 Å². The van der Waals surface area contributed by atoms with E-state index in [1.54, 1.807) is 4.90 Å². The maximum absolute atomic E-state index is 12.3. The van der Waals surface area contributed by atoms with Gasteiger partial charge in [-0.3, -0.25) is 4.79 Å². The molecule has 0 fully saturated rings. The van der Waals surface area contributed by atoms with Gasteiger partial charge in [-0.25, -0.2) is 0 Å². The van der Waals surface area contributed by atoms with Crippen molar-refractivity contribution in [2.75, 3.05) is 25.1 Å². The number of nitrogens with zero attached hydrogens (tertiary/aromatic N) is 1. The van der Waals surface area contributed by atoms with Crippen LogP contribution in [0.2, 0.25) is 0 Å². The number of amides is 1. The molecular formula is C15H22N2O2. The Morgan fingerprint density at radius 3 is 3.00 bits per heavy atom. The molecule has 4 nitrogen and oxygen atoms in total. The number of fused-ring (bicyclic) bond motifs is 1. The van der Waals surface area contributed by atoms with Crippen molar-refractivity contribution >= 4 is 11.6 Å². The number of aryl methyl sites for hydroxylation is 1. The quantitative estimate of drug-likeness (QED) is 0.902. The third kappa shape index (κ3) is 2.89. The topological polar surface area (TPSA) is 55.6 Å². The van der Waals surface area contributed by atoms with Gasteiger partial charge in [-0.15, -0.1) is 0 Å². The minimum Gasteiger partial charge on any atom is -0.493 e. The van der Waals surface area contributed by atoms with Crippen LogP contribution in [0.5, 0.6) is 5.75 Å². The molecule has 1 atom stereocenters. The van der Waals surface area contributed by atoms with Crippen molar-refractivity contribution in [2.45, 2.75) is 26.2 Å². The average Bonchev–Trinajstić information content (AvgIpc) is 2.47. The fourth-order valence-electron chi connectivity index (χ4n) is 2.40. The number of nitrogens with two attached hydrogens (primary N) is 1. The lowest BCUT2D eigenvalue weighted by atomic mass is 10.0. The molecule has 1 amide bonds. The van der Waals surface area contributed by atoms with Crippen LogP contribution in [0.4, 0.5) is 5.69 Å². The number of anilines is 1. The fraction of sp³-hybridized carbons (Fsp3) is 0.533. The highest BCUT2D eigenvalue weighted by Gasteiger charge is 2.21. The standard InChI is InChI=1S/C15H22N2O2/c1-3-11(10-16)15(18)17(2)13-6-7-14-12(9-13)5-4-8-19-14/h6-7,9,11H,3-5,8,10,16H2,1-2H3.